The summed E-state index contributed by atoms with van der Waals surface area (Å²) < 4.78 is 13.1. The second kappa shape index (κ2) is 9.46. The van der Waals surface area contributed by atoms with Crippen molar-refractivity contribution in [2.75, 3.05) is 11.9 Å². The number of hydrogen-bond acceptors (Lipinski definition) is 6. The Kier molecular flexibility index (Phi) is 6.46. The van der Waals surface area contributed by atoms with Crippen LogP contribution in [0.1, 0.15) is 27.3 Å². The first-order valence-corrected chi connectivity index (χ1v) is 11.3. The summed E-state index contributed by atoms with van der Waals surface area (Å²) in [4.78, 5) is 31.0. The molecule has 170 valence electrons. The van der Waals surface area contributed by atoms with Crippen molar-refractivity contribution in [3.63, 3.8) is 0 Å². The monoisotopic (exact) mass is 463 g/mol. The number of benzene rings is 2. The van der Waals surface area contributed by atoms with Crippen LogP contribution < -0.4 is 20.3 Å². The van der Waals surface area contributed by atoms with E-state index in [1.165, 1.54) is 27.4 Å². The molecule has 4 aromatic rings. The highest BCUT2D eigenvalue weighted by Crippen LogP contribution is 2.27. The van der Waals surface area contributed by atoms with Crippen LogP contribution in [0.2, 0.25) is 0 Å². The van der Waals surface area contributed by atoms with Crippen molar-refractivity contribution in [2.45, 2.75) is 34.3 Å². The topological polar surface area (TPSA) is 81.9 Å². The molecular formula is C25H25N3O4S. The van der Waals surface area contributed by atoms with Crippen LogP contribution in [0.5, 0.6) is 11.5 Å². The third-order valence-corrected chi connectivity index (χ3v) is 6.07. The number of carbonyl (C=O) groups is 1. The Morgan fingerprint density at radius 2 is 1.85 bits per heavy atom. The molecule has 0 aliphatic heterocycles. The Bertz CT molecular complexity index is 1390. The first kappa shape index (κ1) is 22.5. The maximum atomic E-state index is 12.5. The largest absolute Gasteiger partial charge is 0.485 e. The Morgan fingerprint density at radius 3 is 2.64 bits per heavy atom. The van der Waals surface area contributed by atoms with Gasteiger partial charge in [0.05, 0.1) is 11.4 Å². The molecule has 0 spiro atoms. The molecule has 0 saturated carbocycles. The highest BCUT2D eigenvalue weighted by molar-refractivity contribution is 7.16. The molecule has 1 amide bonds. The van der Waals surface area contributed by atoms with E-state index in [1.807, 2.05) is 58.0 Å². The van der Waals surface area contributed by atoms with Crippen molar-refractivity contribution >= 4 is 27.9 Å². The molecule has 4 rings (SSSR count). The molecule has 7 nitrogen and oxygen atoms in total. The van der Waals surface area contributed by atoms with E-state index in [2.05, 4.69) is 10.3 Å². The first-order chi connectivity index (χ1) is 15.8. The summed E-state index contributed by atoms with van der Waals surface area (Å²) in [5, 5.41) is 2.86. The van der Waals surface area contributed by atoms with Crippen LogP contribution in [-0.2, 0) is 11.4 Å². The maximum absolute atomic E-state index is 12.5. The van der Waals surface area contributed by atoms with Gasteiger partial charge in [0.15, 0.2) is 11.6 Å². The number of nitrogens with one attached hydrogen (secondary N) is 1. The van der Waals surface area contributed by atoms with Crippen molar-refractivity contribution < 1.29 is 14.3 Å². The van der Waals surface area contributed by atoms with Crippen molar-refractivity contribution in [2.24, 2.45) is 0 Å². The highest BCUT2D eigenvalue weighted by atomic mass is 32.1. The average molecular weight is 464 g/mol. The van der Waals surface area contributed by atoms with Gasteiger partial charge in [-0.05, 0) is 68.7 Å². The van der Waals surface area contributed by atoms with Gasteiger partial charge in [-0.2, -0.15) is 0 Å². The molecule has 0 unspecified atom stereocenters. The number of thiazole rings is 1. The van der Waals surface area contributed by atoms with Gasteiger partial charge < -0.3 is 14.8 Å². The van der Waals surface area contributed by atoms with Gasteiger partial charge in [-0.15, -0.1) is 11.3 Å². The number of ether oxygens (including phenoxy) is 2. The molecule has 8 heteroatoms. The van der Waals surface area contributed by atoms with Crippen molar-refractivity contribution in [1.29, 1.82) is 0 Å². The smallest absolute Gasteiger partial charge is 0.262 e. The summed E-state index contributed by atoms with van der Waals surface area (Å²) in [6.07, 6.45) is 1.77. The minimum absolute atomic E-state index is 0.105. The van der Waals surface area contributed by atoms with Gasteiger partial charge in [0.25, 0.3) is 11.5 Å². The molecule has 1 N–H and O–H groups in total. The Balaban J connectivity index is 1.44. The summed E-state index contributed by atoms with van der Waals surface area (Å²) in [6.45, 7) is 7.87. The lowest BCUT2D eigenvalue weighted by atomic mass is 10.1. The van der Waals surface area contributed by atoms with Gasteiger partial charge in [-0.25, -0.2) is 4.98 Å². The summed E-state index contributed by atoms with van der Waals surface area (Å²) in [7, 11) is 0. The third kappa shape index (κ3) is 5.40. The number of anilines is 1. The minimum Gasteiger partial charge on any atom is -0.485 e. The van der Waals surface area contributed by atoms with E-state index in [0.29, 0.717) is 27.8 Å². The van der Waals surface area contributed by atoms with Gasteiger partial charge in [0.1, 0.15) is 18.1 Å². The van der Waals surface area contributed by atoms with Gasteiger partial charge in [0, 0.05) is 17.1 Å². The van der Waals surface area contributed by atoms with E-state index in [0.717, 1.165) is 16.0 Å². The van der Waals surface area contributed by atoms with E-state index >= 15 is 0 Å². The Labute approximate surface area is 195 Å². The van der Waals surface area contributed by atoms with Crippen molar-refractivity contribution in [1.82, 2.24) is 9.38 Å². The van der Waals surface area contributed by atoms with Gasteiger partial charge in [0.2, 0.25) is 0 Å². The number of amides is 1. The molecule has 0 radical (unpaired) electrons. The quantitative estimate of drug-likeness (QED) is 0.434. The number of fused-ring (bicyclic) bond motifs is 1. The van der Waals surface area contributed by atoms with Crippen molar-refractivity contribution in [3.05, 3.63) is 86.3 Å². The van der Waals surface area contributed by atoms with E-state index in [4.69, 9.17) is 9.47 Å². The van der Waals surface area contributed by atoms with E-state index in [9.17, 15) is 9.59 Å². The van der Waals surface area contributed by atoms with E-state index < -0.39 is 0 Å². The van der Waals surface area contributed by atoms with Crippen LogP contribution in [0.15, 0.2) is 53.5 Å². The lowest BCUT2D eigenvalue weighted by Crippen LogP contribution is -2.21. The molecule has 0 aliphatic carbocycles. The molecular weight excluding hydrogens is 438 g/mol. The zero-order chi connectivity index (χ0) is 23.5. The molecule has 0 atom stereocenters. The van der Waals surface area contributed by atoms with E-state index in [-0.39, 0.29) is 24.7 Å². The fourth-order valence-corrected chi connectivity index (χ4v) is 4.14. The fourth-order valence-electron chi connectivity index (χ4n) is 3.29. The van der Waals surface area contributed by atoms with Crippen LogP contribution >= 0.6 is 11.3 Å². The summed E-state index contributed by atoms with van der Waals surface area (Å²) >= 11 is 1.45. The number of aromatic nitrogens is 2. The first-order valence-electron chi connectivity index (χ1n) is 10.5. The molecule has 2 aromatic carbocycles. The van der Waals surface area contributed by atoms with Crippen LogP contribution in [0.4, 0.5) is 5.69 Å². The third-order valence-electron chi connectivity index (χ3n) is 5.17. The summed E-state index contributed by atoms with van der Waals surface area (Å²) in [5.74, 6) is 0.838. The molecule has 0 aliphatic rings. The van der Waals surface area contributed by atoms with Crippen LogP contribution in [0, 0.1) is 27.7 Å². The fraction of sp³-hybridized carbons (Fsp3) is 0.240. The average Bonchev–Trinajstić information content (AvgIpc) is 3.15. The SMILES string of the molecule is Cc1ccc(OCc2cc(=O)n3cc(C)sc3n2)c(NC(=O)COc2ccc(C)c(C)c2)c1. The van der Waals surface area contributed by atoms with Gasteiger partial charge >= 0.3 is 0 Å². The molecule has 0 fully saturated rings. The summed E-state index contributed by atoms with van der Waals surface area (Å²) in [5.41, 5.74) is 4.15. The van der Waals surface area contributed by atoms with Gasteiger partial charge in [-0.1, -0.05) is 12.1 Å². The second-order valence-corrected chi connectivity index (χ2v) is 9.16. The molecule has 0 bridgehead atoms. The number of rotatable bonds is 7. The molecule has 0 saturated heterocycles. The standard InChI is InChI=1S/C25H25N3O4S/c1-15-5-8-22(32-13-19-11-24(30)28-12-18(4)33-25(28)26-19)21(9-15)27-23(29)14-31-20-7-6-16(2)17(3)10-20/h5-12H,13-14H2,1-4H3,(H,27,29). The van der Waals surface area contributed by atoms with Crippen LogP contribution in [0.25, 0.3) is 4.96 Å². The number of nitrogens with zero attached hydrogens (tertiary/aromatic N) is 2. The normalized spacial score (nSPS) is 10.9. The molecule has 2 heterocycles. The predicted molar refractivity (Wildman–Crippen MR) is 130 cm³/mol. The van der Waals surface area contributed by atoms with E-state index in [1.54, 1.807) is 12.3 Å². The van der Waals surface area contributed by atoms with Crippen LogP contribution in [0.3, 0.4) is 0 Å². The number of carbonyl (C=O) groups excluding carboxylic acids is 1. The lowest BCUT2D eigenvalue weighted by molar-refractivity contribution is -0.118. The zero-order valence-corrected chi connectivity index (χ0v) is 19.8. The molecule has 2 aromatic heterocycles. The molecule has 33 heavy (non-hydrogen) atoms. The predicted octanol–water partition coefficient (Wildman–Crippen LogP) is 4.59. The Hall–Kier alpha value is -3.65. The van der Waals surface area contributed by atoms with Crippen LogP contribution in [-0.4, -0.2) is 21.9 Å². The van der Waals surface area contributed by atoms with Gasteiger partial charge in [-0.3, -0.25) is 14.0 Å². The number of hydrogen-bond donors (Lipinski definition) is 1. The highest BCUT2D eigenvalue weighted by Gasteiger charge is 2.12. The summed E-state index contributed by atoms with van der Waals surface area (Å²) in [6, 6.07) is 12.7. The second-order valence-electron chi connectivity index (χ2n) is 7.95. The van der Waals surface area contributed by atoms with Crippen molar-refractivity contribution in [3.8, 4) is 11.5 Å². The maximum Gasteiger partial charge on any atom is 0.262 e. The number of aryl methyl sites for hydroxylation is 4. The minimum atomic E-state index is -0.296. The Morgan fingerprint density at radius 1 is 1.03 bits per heavy atom. The lowest BCUT2D eigenvalue weighted by Gasteiger charge is -2.14. The zero-order valence-electron chi connectivity index (χ0n) is 19.0.